The Labute approximate surface area is 191 Å². The van der Waals surface area contributed by atoms with Crippen LogP contribution in [0.3, 0.4) is 0 Å². The van der Waals surface area contributed by atoms with Crippen molar-refractivity contribution in [3.63, 3.8) is 0 Å². The molecule has 32 heavy (non-hydrogen) atoms. The summed E-state index contributed by atoms with van der Waals surface area (Å²) >= 11 is 0. The smallest absolute Gasteiger partial charge is 0.316 e. The summed E-state index contributed by atoms with van der Waals surface area (Å²) in [5.41, 5.74) is 0.770. The van der Waals surface area contributed by atoms with Gasteiger partial charge >= 0.3 is 5.97 Å². The Bertz CT molecular complexity index is 751. The number of epoxide rings is 1. The molecule has 3 aliphatic rings. The minimum absolute atomic E-state index is 0.148. The molecule has 5 unspecified atom stereocenters. The summed E-state index contributed by atoms with van der Waals surface area (Å²) in [5, 5.41) is 9.75. The highest BCUT2D eigenvalue weighted by molar-refractivity contribution is 5.80. The first-order valence-corrected chi connectivity index (χ1v) is 12.4. The number of ketones is 1. The Morgan fingerprint density at radius 3 is 2.38 bits per heavy atom. The predicted molar refractivity (Wildman–Crippen MR) is 121 cm³/mol. The Kier molecular flexibility index (Phi) is 7.98. The third kappa shape index (κ3) is 5.41. The van der Waals surface area contributed by atoms with Gasteiger partial charge in [0.2, 0.25) is 0 Å². The van der Waals surface area contributed by atoms with Crippen molar-refractivity contribution in [1.29, 1.82) is 0 Å². The average Bonchev–Trinajstić information content (AvgIpc) is 3.55. The van der Waals surface area contributed by atoms with E-state index >= 15 is 0 Å². The molecule has 3 aliphatic heterocycles. The van der Waals surface area contributed by atoms with Crippen LogP contribution in [-0.4, -0.2) is 65.3 Å². The number of fused-ring (bicyclic) bond motifs is 5. The molecule has 0 aromatic heterocycles. The van der Waals surface area contributed by atoms with E-state index in [9.17, 15) is 14.7 Å². The van der Waals surface area contributed by atoms with E-state index in [-0.39, 0.29) is 43.0 Å². The second-order valence-corrected chi connectivity index (χ2v) is 9.60. The number of hydrogen-bond acceptors (Lipinski definition) is 6. The number of carbonyl (C=O) groups excluding carboxylic acids is 2. The second-order valence-electron chi connectivity index (χ2n) is 9.60. The Hall–Kier alpha value is -1.76. The molecule has 176 valence electrons. The lowest BCUT2D eigenvalue weighted by molar-refractivity contribution is -0.157. The van der Waals surface area contributed by atoms with E-state index in [1.807, 2.05) is 30.3 Å². The zero-order valence-corrected chi connectivity index (χ0v) is 19.2. The van der Waals surface area contributed by atoms with Crippen LogP contribution in [0.4, 0.5) is 0 Å². The third-order valence-corrected chi connectivity index (χ3v) is 7.30. The summed E-state index contributed by atoms with van der Waals surface area (Å²) < 4.78 is 11.7. The second kappa shape index (κ2) is 10.9. The topological polar surface area (TPSA) is 79.4 Å². The SMILES string of the molecule is CCCCCCCCC(=O)CN1C2CC(OC(=O)C(CO)c3ccccc3)CC1C1OC12. The van der Waals surface area contributed by atoms with Crippen molar-refractivity contribution in [3.05, 3.63) is 35.9 Å². The first-order chi connectivity index (χ1) is 15.6. The summed E-state index contributed by atoms with van der Waals surface area (Å²) in [5.74, 6) is -0.710. The number of ether oxygens (including phenoxy) is 2. The molecule has 0 radical (unpaired) electrons. The number of morpholine rings is 1. The molecule has 1 aromatic rings. The van der Waals surface area contributed by atoms with Crippen LogP contribution >= 0.6 is 0 Å². The highest BCUT2D eigenvalue weighted by Crippen LogP contribution is 2.49. The maximum absolute atomic E-state index is 12.8. The monoisotopic (exact) mass is 443 g/mol. The minimum Gasteiger partial charge on any atom is -0.462 e. The number of hydrogen-bond donors (Lipinski definition) is 1. The van der Waals surface area contributed by atoms with Crippen molar-refractivity contribution >= 4 is 11.8 Å². The van der Waals surface area contributed by atoms with Crippen LogP contribution in [0, 0.1) is 0 Å². The molecule has 3 heterocycles. The van der Waals surface area contributed by atoms with Gasteiger partial charge in [0.15, 0.2) is 0 Å². The quantitative estimate of drug-likeness (QED) is 0.285. The fourth-order valence-electron chi connectivity index (χ4n) is 5.52. The van der Waals surface area contributed by atoms with Crippen LogP contribution in [-0.2, 0) is 19.1 Å². The summed E-state index contributed by atoms with van der Waals surface area (Å²) in [6.07, 6.45) is 9.34. The van der Waals surface area contributed by atoms with Crippen LogP contribution in [0.25, 0.3) is 0 Å². The number of rotatable bonds is 13. The molecule has 3 fully saturated rings. The number of aliphatic hydroxyl groups is 1. The van der Waals surface area contributed by atoms with Gasteiger partial charge in [-0.05, 0) is 12.0 Å². The maximum atomic E-state index is 12.8. The highest BCUT2D eigenvalue weighted by atomic mass is 16.6. The fourth-order valence-corrected chi connectivity index (χ4v) is 5.52. The number of benzene rings is 1. The van der Waals surface area contributed by atoms with Gasteiger partial charge in [-0.1, -0.05) is 69.4 Å². The van der Waals surface area contributed by atoms with Crippen LogP contribution in [0.1, 0.15) is 76.2 Å². The van der Waals surface area contributed by atoms with E-state index in [2.05, 4.69) is 11.8 Å². The highest BCUT2D eigenvalue weighted by Gasteiger charge is 2.64. The van der Waals surface area contributed by atoms with E-state index in [0.29, 0.717) is 31.6 Å². The largest absolute Gasteiger partial charge is 0.462 e. The fraction of sp³-hybridized carbons (Fsp3) is 0.692. The average molecular weight is 444 g/mol. The van der Waals surface area contributed by atoms with Crippen LogP contribution in [0.15, 0.2) is 30.3 Å². The van der Waals surface area contributed by atoms with Gasteiger partial charge in [-0.3, -0.25) is 14.5 Å². The first kappa shape index (κ1) is 23.4. The number of carbonyl (C=O) groups is 2. The number of piperidine rings is 1. The van der Waals surface area contributed by atoms with Crippen molar-refractivity contribution < 1.29 is 24.2 Å². The lowest BCUT2D eigenvalue weighted by atomic mass is 9.96. The van der Waals surface area contributed by atoms with Crippen molar-refractivity contribution in [3.8, 4) is 0 Å². The van der Waals surface area contributed by atoms with Gasteiger partial charge in [0, 0.05) is 31.3 Å². The summed E-state index contributed by atoms with van der Waals surface area (Å²) in [6, 6.07) is 9.58. The van der Waals surface area contributed by atoms with Crippen molar-refractivity contribution in [2.75, 3.05) is 13.2 Å². The van der Waals surface area contributed by atoms with E-state index in [0.717, 1.165) is 18.4 Å². The van der Waals surface area contributed by atoms with Crippen molar-refractivity contribution in [1.82, 2.24) is 4.90 Å². The molecule has 1 N–H and O–H groups in total. The van der Waals surface area contributed by atoms with Crippen LogP contribution in [0.2, 0.25) is 0 Å². The number of aliphatic hydroxyl groups excluding tert-OH is 1. The van der Waals surface area contributed by atoms with E-state index in [1.54, 1.807) is 0 Å². The van der Waals surface area contributed by atoms with Gasteiger partial charge in [-0.15, -0.1) is 0 Å². The molecule has 6 heteroatoms. The molecular weight excluding hydrogens is 406 g/mol. The van der Waals surface area contributed by atoms with Gasteiger partial charge < -0.3 is 14.6 Å². The Balaban J connectivity index is 1.25. The molecule has 0 spiro atoms. The summed E-state index contributed by atoms with van der Waals surface area (Å²) in [7, 11) is 0. The van der Waals surface area contributed by atoms with Crippen LogP contribution in [0.5, 0.6) is 0 Å². The Morgan fingerprint density at radius 1 is 1.06 bits per heavy atom. The lowest BCUT2D eigenvalue weighted by Gasteiger charge is -2.40. The standard InChI is InChI=1S/C26H37NO5/c1-2-3-4-5-6-10-13-19(29)16-27-22-14-20(15-23(27)25-24(22)32-25)31-26(30)21(17-28)18-11-8-7-9-12-18/h7-9,11-12,20-25,28H,2-6,10,13-17H2,1H3. The van der Waals surface area contributed by atoms with Gasteiger partial charge in [0.05, 0.1) is 13.2 Å². The molecule has 2 bridgehead atoms. The van der Waals surface area contributed by atoms with E-state index < -0.39 is 5.92 Å². The molecule has 0 amide bonds. The summed E-state index contributed by atoms with van der Waals surface area (Å²) in [6.45, 7) is 2.44. The molecule has 6 nitrogen and oxygen atoms in total. The predicted octanol–water partition coefficient (Wildman–Crippen LogP) is 3.61. The summed E-state index contributed by atoms with van der Waals surface area (Å²) in [4.78, 5) is 27.7. The van der Waals surface area contributed by atoms with E-state index in [1.165, 1.54) is 25.7 Å². The molecule has 0 aliphatic carbocycles. The molecule has 1 aromatic carbocycles. The van der Waals surface area contributed by atoms with Gasteiger partial charge in [0.25, 0.3) is 0 Å². The molecule has 4 rings (SSSR count). The van der Waals surface area contributed by atoms with E-state index in [4.69, 9.17) is 9.47 Å². The van der Waals surface area contributed by atoms with Gasteiger partial charge in [-0.25, -0.2) is 0 Å². The van der Waals surface area contributed by atoms with Gasteiger partial charge in [0.1, 0.15) is 30.0 Å². The van der Waals surface area contributed by atoms with Crippen molar-refractivity contribution in [2.24, 2.45) is 0 Å². The Morgan fingerprint density at radius 2 is 1.72 bits per heavy atom. The zero-order valence-electron chi connectivity index (χ0n) is 19.2. The molecule has 3 saturated heterocycles. The number of nitrogens with zero attached hydrogens (tertiary/aromatic N) is 1. The van der Waals surface area contributed by atoms with Crippen molar-refractivity contribution in [2.45, 2.75) is 101 Å². The number of Topliss-reactive ketones (excluding diaryl/α,β-unsaturated/α-hetero) is 1. The lowest BCUT2D eigenvalue weighted by Crippen LogP contribution is -2.52. The first-order valence-electron chi connectivity index (χ1n) is 12.4. The molecule has 5 atom stereocenters. The van der Waals surface area contributed by atoms with Crippen LogP contribution < -0.4 is 0 Å². The minimum atomic E-state index is -0.656. The third-order valence-electron chi connectivity index (χ3n) is 7.30. The normalized spacial score (nSPS) is 29.4. The zero-order chi connectivity index (χ0) is 22.5. The molecule has 0 saturated carbocycles. The molecular formula is C26H37NO5. The maximum Gasteiger partial charge on any atom is 0.316 e. The number of esters is 1. The van der Waals surface area contributed by atoms with Gasteiger partial charge in [-0.2, -0.15) is 0 Å². The number of unbranched alkanes of at least 4 members (excludes halogenated alkanes) is 5.